The van der Waals surface area contributed by atoms with Crippen LogP contribution in [0.5, 0.6) is 0 Å². The normalized spacial score (nSPS) is 24.1. The molecular formula is C22H29ClF4N6O4. The lowest BCUT2D eigenvalue weighted by molar-refractivity contribution is -0.176. The summed E-state index contributed by atoms with van der Waals surface area (Å²) in [7, 11) is 0. The summed E-state index contributed by atoms with van der Waals surface area (Å²) in [6.45, 7) is 7.93. The number of H-pyrrole nitrogens is 1. The molecule has 0 spiro atoms. The zero-order valence-electron chi connectivity index (χ0n) is 20.8. The molecule has 0 radical (unpaired) electrons. The van der Waals surface area contributed by atoms with Crippen molar-refractivity contribution in [1.82, 2.24) is 30.8 Å². The number of aromatic amines is 1. The van der Waals surface area contributed by atoms with Crippen molar-refractivity contribution in [3.63, 3.8) is 0 Å². The molecule has 1 saturated heterocycles. The third-order valence-electron chi connectivity index (χ3n) is 6.99. The van der Waals surface area contributed by atoms with E-state index in [1.165, 1.54) is 33.0 Å². The van der Waals surface area contributed by atoms with Crippen LogP contribution in [0.3, 0.4) is 0 Å². The van der Waals surface area contributed by atoms with Gasteiger partial charge in [0.25, 0.3) is 17.4 Å². The summed E-state index contributed by atoms with van der Waals surface area (Å²) in [5, 5.41) is 8.69. The number of piperidine rings is 1. The Morgan fingerprint density at radius 3 is 2.38 bits per heavy atom. The van der Waals surface area contributed by atoms with E-state index in [0.29, 0.717) is 10.7 Å². The fourth-order valence-electron chi connectivity index (χ4n) is 4.87. The van der Waals surface area contributed by atoms with E-state index in [9.17, 15) is 36.7 Å². The number of amides is 4. The molecule has 3 N–H and O–H groups in total. The number of hydrazine groups is 1. The highest BCUT2D eigenvalue weighted by molar-refractivity contribution is 6.29. The second-order valence-electron chi connectivity index (χ2n) is 10.9. The van der Waals surface area contributed by atoms with E-state index in [4.69, 9.17) is 11.6 Å². The first-order chi connectivity index (χ1) is 16.9. The van der Waals surface area contributed by atoms with Gasteiger partial charge in [-0.15, -0.1) is 0 Å². The van der Waals surface area contributed by atoms with E-state index >= 15 is 0 Å². The molecule has 0 bridgehead atoms. The Labute approximate surface area is 215 Å². The Bertz CT molecular complexity index is 1060. The van der Waals surface area contributed by atoms with Crippen LogP contribution in [0.25, 0.3) is 0 Å². The van der Waals surface area contributed by atoms with Gasteiger partial charge in [0.15, 0.2) is 0 Å². The number of hydrogen-bond donors (Lipinski definition) is 3. The van der Waals surface area contributed by atoms with Gasteiger partial charge in [0.1, 0.15) is 12.1 Å². The SMILES string of the molecule is CC(C)(C)C(NC(=O)C(F)(F)F)C(=O)N1C[C@H]2[C@@H]([C@H]1C(=O)NN(Cc1ccn[nH]1)C(=O)C(F)Cl)C2(C)C. The summed E-state index contributed by atoms with van der Waals surface area (Å²) >= 11 is 5.31. The number of halogens is 5. The summed E-state index contributed by atoms with van der Waals surface area (Å²) in [4.78, 5) is 52.1. The van der Waals surface area contributed by atoms with Gasteiger partial charge in [0, 0.05) is 12.7 Å². The quantitative estimate of drug-likeness (QED) is 0.282. The van der Waals surface area contributed by atoms with Crippen molar-refractivity contribution in [2.75, 3.05) is 6.54 Å². The molecule has 206 valence electrons. The van der Waals surface area contributed by atoms with Gasteiger partial charge < -0.3 is 10.2 Å². The van der Waals surface area contributed by atoms with E-state index in [-0.39, 0.29) is 30.3 Å². The molecule has 10 nitrogen and oxygen atoms in total. The maximum absolute atomic E-state index is 13.7. The highest BCUT2D eigenvalue weighted by Crippen LogP contribution is 2.65. The zero-order valence-corrected chi connectivity index (χ0v) is 21.6. The van der Waals surface area contributed by atoms with E-state index in [1.54, 1.807) is 5.32 Å². The molecule has 2 aliphatic rings. The van der Waals surface area contributed by atoms with Gasteiger partial charge in [0.2, 0.25) is 5.91 Å². The second-order valence-corrected chi connectivity index (χ2v) is 11.3. The van der Waals surface area contributed by atoms with Crippen molar-refractivity contribution < 1.29 is 36.7 Å². The summed E-state index contributed by atoms with van der Waals surface area (Å²) in [5.74, 6) is -5.79. The third-order valence-corrected chi connectivity index (χ3v) is 7.18. The molecule has 1 aliphatic carbocycles. The number of fused-ring (bicyclic) bond motifs is 1. The molecule has 1 saturated carbocycles. The molecule has 5 atom stereocenters. The number of aromatic nitrogens is 2. The maximum Gasteiger partial charge on any atom is 0.471 e. The van der Waals surface area contributed by atoms with Crippen LogP contribution in [0.15, 0.2) is 12.3 Å². The fraction of sp³-hybridized carbons (Fsp3) is 0.682. The van der Waals surface area contributed by atoms with Crippen LogP contribution in [0.1, 0.15) is 40.3 Å². The molecule has 15 heteroatoms. The Balaban J connectivity index is 1.88. The first-order valence-corrected chi connectivity index (χ1v) is 11.9. The lowest BCUT2D eigenvalue weighted by Gasteiger charge is -2.38. The van der Waals surface area contributed by atoms with Crippen molar-refractivity contribution in [1.29, 1.82) is 0 Å². The molecule has 37 heavy (non-hydrogen) atoms. The van der Waals surface area contributed by atoms with Gasteiger partial charge in [-0.05, 0) is 28.7 Å². The van der Waals surface area contributed by atoms with Crippen molar-refractivity contribution in [2.24, 2.45) is 22.7 Å². The standard InChI is InChI=1S/C22H29ClF4N6O4/c1-20(2,3)14(29-19(37)22(25,26)27)17(35)32-9-11-12(21(11,4)5)13(32)16(34)31-33(18(36)15(23)24)8-10-6-7-28-30-10/h6-7,11-15H,8-9H2,1-5H3,(H,28,30)(H,29,37)(H,31,34)/t11-,12-,13-,14?,15?/m0/s1. The number of rotatable bonds is 6. The van der Waals surface area contributed by atoms with E-state index in [0.717, 1.165) is 4.90 Å². The van der Waals surface area contributed by atoms with Crippen molar-refractivity contribution >= 4 is 35.2 Å². The summed E-state index contributed by atoms with van der Waals surface area (Å²) in [6.07, 6.45) is -3.84. The van der Waals surface area contributed by atoms with Crippen LogP contribution in [0, 0.1) is 22.7 Å². The first kappa shape index (κ1) is 28.7. The third kappa shape index (κ3) is 5.83. The summed E-state index contributed by atoms with van der Waals surface area (Å²) < 4.78 is 52.6. The van der Waals surface area contributed by atoms with Gasteiger partial charge in [-0.2, -0.15) is 18.3 Å². The van der Waals surface area contributed by atoms with Crippen LogP contribution in [0.4, 0.5) is 17.6 Å². The van der Waals surface area contributed by atoms with E-state index in [2.05, 4.69) is 15.6 Å². The van der Waals surface area contributed by atoms with Gasteiger partial charge >= 0.3 is 12.1 Å². The number of carbonyl (C=O) groups is 4. The largest absolute Gasteiger partial charge is 0.471 e. The first-order valence-electron chi connectivity index (χ1n) is 11.4. The smallest absolute Gasteiger partial charge is 0.336 e. The topological polar surface area (TPSA) is 128 Å². The minimum atomic E-state index is -5.21. The molecule has 0 aromatic carbocycles. The van der Waals surface area contributed by atoms with Gasteiger partial charge in [0.05, 0.1) is 12.2 Å². The van der Waals surface area contributed by atoms with Gasteiger partial charge in [-0.3, -0.25) is 29.7 Å². The molecule has 2 fully saturated rings. The maximum atomic E-state index is 13.7. The number of hydrogen-bond acceptors (Lipinski definition) is 5. The van der Waals surface area contributed by atoms with Crippen molar-refractivity contribution in [3.05, 3.63) is 18.0 Å². The monoisotopic (exact) mass is 552 g/mol. The Kier molecular flexibility index (Phi) is 7.57. The van der Waals surface area contributed by atoms with Crippen LogP contribution >= 0.6 is 11.6 Å². The summed E-state index contributed by atoms with van der Waals surface area (Å²) in [6, 6.07) is -1.31. The summed E-state index contributed by atoms with van der Waals surface area (Å²) in [5.41, 5.74) is -1.33. The molecule has 4 amide bonds. The fourth-order valence-corrected chi connectivity index (χ4v) is 4.99. The molecule has 1 aromatic rings. The van der Waals surface area contributed by atoms with Crippen molar-refractivity contribution in [2.45, 2.75) is 65.1 Å². The minimum Gasteiger partial charge on any atom is -0.336 e. The number of carbonyl (C=O) groups excluding carboxylic acids is 4. The number of nitrogens with one attached hydrogen (secondary N) is 3. The average molecular weight is 553 g/mol. The molecule has 2 unspecified atom stereocenters. The number of nitrogens with zero attached hydrogens (tertiary/aromatic N) is 3. The van der Waals surface area contributed by atoms with Crippen LogP contribution in [-0.2, 0) is 25.7 Å². The van der Waals surface area contributed by atoms with Gasteiger partial charge in [-0.1, -0.05) is 46.2 Å². The minimum absolute atomic E-state index is 0.0544. The van der Waals surface area contributed by atoms with Crippen LogP contribution in [0.2, 0.25) is 0 Å². The lowest BCUT2D eigenvalue weighted by Crippen LogP contribution is -2.62. The predicted molar refractivity (Wildman–Crippen MR) is 122 cm³/mol. The van der Waals surface area contributed by atoms with Crippen LogP contribution in [-0.4, -0.2) is 74.2 Å². The Morgan fingerprint density at radius 2 is 1.89 bits per heavy atom. The van der Waals surface area contributed by atoms with Gasteiger partial charge in [-0.25, -0.2) is 9.40 Å². The molecular weight excluding hydrogens is 524 g/mol. The average Bonchev–Trinajstić information content (AvgIpc) is 3.20. The molecule has 1 aliphatic heterocycles. The Morgan fingerprint density at radius 1 is 1.27 bits per heavy atom. The molecule has 3 rings (SSSR count). The lowest BCUT2D eigenvalue weighted by atomic mass is 9.85. The molecule has 2 heterocycles. The van der Waals surface area contributed by atoms with E-state index < -0.39 is 52.9 Å². The second kappa shape index (κ2) is 9.76. The Hall–Kier alpha value is -2.90. The number of likely N-dealkylation sites (tertiary alicyclic amines) is 1. The highest BCUT2D eigenvalue weighted by Gasteiger charge is 2.70. The van der Waals surface area contributed by atoms with Crippen molar-refractivity contribution in [3.8, 4) is 0 Å². The predicted octanol–water partition coefficient (Wildman–Crippen LogP) is 1.88. The van der Waals surface area contributed by atoms with E-state index in [1.807, 2.05) is 13.8 Å². The molecule has 1 aromatic heterocycles. The zero-order chi connectivity index (χ0) is 28.1. The highest BCUT2D eigenvalue weighted by atomic mass is 35.5. The number of alkyl halides is 5. The van der Waals surface area contributed by atoms with Crippen LogP contribution < -0.4 is 10.7 Å².